The Morgan fingerprint density at radius 2 is 0.836 bits per heavy atom. The monoisotopic (exact) mass is 781 g/mol. The standard InChI is InChI=1S/C46H84O9/c1-4-7-10-13-16-22-30-37-52-43(48)33-26-20-17-21-27-34-44(49)53-39-41(38-47)40-54-45(50)35-28-23-29-36-46(51)55-42(31-24-18-14-11-8-5-2)32-25-19-15-12-9-6-3/h22,30,41-42,47H,4-21,23-29,31-40H2,1-3H3. The minimum atomic E-state index is -0.468. The van der Waals surface area contributed by atoms with Crippen LogP contribution in [0.1, 0.15) is 220 Å². The molecule has 0 fully saturated rings. The molecule has 0 saturated carbocycles. The van der Waals surface area contributed by atoms with Gasteiger partial charge in [0, 0.05) is 25.7 Å². The summed E-state index contributed by atoms with van der Waals surface area (Å²) in [5, 5.41) is 9.68. The first kappa shape index (κ1) is 52.6. The van der Waals surface area contributed by atoms with E-state index in [1.165, 1.54) is 89.9 Å². The van der Waals surface area contributed by atoms with Crippen LogP contribution < -0.4 is 0 Å². The molecule has 0 amide bonds. The second-order valence-corrected chi connectivity index (χ2v) is 15.5. The van der Waals surface area contributed by atoms with E-state index in [1.54, 1.807) is 0 Å². The molecule has 0 heterocycles. The number of aliphatic hydroxyl groups is 1. The number of esters is 4. The van der Waals surface area contributed by atoms with Gasteiger partial charge in [-0.2, -0.15) is 0 Å². The van der Waals surface area contributed by atoms with Gasteiger partial charge in [-0.3, -0.25) is 19.2 Å². The Morgan fingerprint density at radius 1 is 0.455 bits per heavy atom. The van der Waals surface area contributed by atoms with Crippen LogP contribution in [0.2, 0.25) is 0 Å². The van der Waals surface area contributed by atoms with E-state index in [1.807, 2.05) is 6.08 Å². The smallest absolute Gasteiger partial charge is 0.306 e. The number of carbonyl (C=O) groups excluding carboxylic acids is 4. The lowest BCUT2D eigenvalue weighted by molar-refractivity contribution is -0.151. The van der Waals surface area contributed by atoms with Gasteiger partial charge in [0.2, 0.25) is 0 Å². The number of unbranched alkanes of at least 4 members (excludes halogenated alkanes) is 20. The molecule has 0 radical (unpaired) electrons. The van der Waals surface area contributed by atoms with Gasteiger partial charge in [0.1, 0.15) is 12.7 Å². The Morgan fingerprint density at radius 3 is 1.31 bits per heavy atom. The molecule has 0 bridgehead atoms. The maximum atomic E-state index is 12.6. The van der Waals surface area contributed by atoms with Crippen molar-refractivity contribution >= 4 is 23.9 Å². The first-order valence-corrected chi connectivity index (χ1v) is 22.8. The third-order valence-electron chi connectivity index (χ3n) is 10.0. The van der Waals surface area contributed by atoms with Crippen LogP contribution in [0.5, 0.6) is 0 Å². The molecule has 55 heavy (non-hydrogen) atoms. The molecule has 0 aliphatic heterocycles. The second-order valence-electron chi connectivity index (χ2n) is 15.5. The van der Waals surface area contributed by atoms with Crippen LogP contribution in [0.15, 0.2) is 12.2 Å². The van der Waals surface area contributed by atoms with Gasteiger partial charge in [-0.15, -0.1) is 0 Å². The summed E-state index contributed by atoms with van der Waals surface area (Å²) in [6.45, 7) is 6.74. The van der Waals surface area contributed by atoms with Crippen LogP contribution in [-0.2, 0) is 38.1 Å². The Bertz CT molecular complexity index is 918. The fourth-order valence-corrected chi connectivity index (χ4v) is 6.40. The fraction of sp³-hybridized carbons (Fsp3) is 0.870. The van der Waals surface area contributed by atoms with Gasteiger partial charge < -0.3 is 24.1 Å². The molecule has 9 nitrogen and oxygen atoms in total. The number of carbonyl (C=O) groups is 4. The van der Waals surface area contributed by atoms with Crippen molar-refractivity contribution in [3.63, 3.8) is 0 Å². The summed E-state index contributed by atoms with van der Waals surface area (Å²) in [6, 6.07) is 0. The number of rotatable bonds is 41. The van der Waals surface area contributed by atoms with Gasteiger partial charge in [-0.05, 0) is 64.2 Å². The highest BCUT2D eigenvalue weighted by atomic mass is 16.6. The molecule has 1 N–H and O–H groups in total. The van der Waals surface area contributed by atoms with Crippen molar-refractivity contribution in [2.45, 2.75) is 226 Å². The highest BCUT2D eigenvalue weighted by Gasteiger charge is 2.16. The Hall–Kier alpha value is -2.42. The molecule has 0 rings (SSSR count). The lowest BCUT2D eigenvalue weighted by Crippen LogP contribution is -2.23. The third-order valence-corrected chi connectivity index (χ3v) is 10.0. The first-order valence-electron chi connectivity index (χ1n) is 22.8. The Kier molecular flexibility index (Phi) is 39.4. The van der Waals surface area contributed by atoms with E-state index in [4.69, 9.17) is 18.9 Å². The van der Waals surface area contributed by atoms with Crippen LogP contribution in [0, 0.1) is 5.92 Å². The predicted molar refractivity (Wildman–Crippen MR) is 223 cm³/mol. The average Bonchev–Trinajstić information content (AvgIpc) is 3.17. The second kappa shape index (κ2) is 41.2. The third kappa shape index (κ3) is 38.2. The number of ether oxygens (including phenoxy) is 4. The van der Waals surface area contributed by atoms with E-state index >= 15 is 0 Å². The molecular formula is C46H84O9. The van der Waals surface area contributed by atoms with Crippen molar-refractivity contribution in [2.24, 2.45) is 5.92 Å². The van der Waals surface area contributed by atoms with Crippen molar-refractivity contribution in [1.82, 2.24) is 0 Å². The molecule has 0 aromatic carbocycles. The quantitative estimate of drug-likeness (QED) is 0.0279. The van der Waals surface area contributed by atoms with Crippen molar-refractivity contribution < 1.29 is 43.2 Å². The number of aliphatic hydroxyl groups excluding tert-OH is 1. The zero-order chi connectivity index (χ0) is 40.5. The SMILES string of the molecule is CCCCCCC=CCOC(=O)CCCCCCCC(=O)OCC(CO)COC(=O)CCCCCC(=O)OC(CCCCCCCC)CCCCCCCC. The molecule has 9 heteroatoms. The van der Waals surface area contributed by atoms with Crippen LogP contribution in [0.3, 0.4) is 0 Å². The van der Waals surface area contributed by atoms with E-state index in [0.717, 1.165) is 64.2 Å². The highest BCUT2D eigenvalue weighted by molar-refractivity contribution is 5.70. The van der Waals surface area contributed by atoms with Gasteiger partial charge >= 0.3 is 23.9 Å². The summed E-state index contributed by atoms with van der Waals surface area (Å²) >= 11 is 0. The lowest BCUT2D eigenvalue weighted by atomic mass is 10.0. The Labute approximate surface area is 336 Å². The van der Waals surface area contributed by atoms with Crippen molar-refractivity contribution in [3.05, 3.63) is 12.2 Å². The Balaban J connectivity index is 4.00. The van der Waals surface area contributed by atoms with E-state index in [0.29, 0.717) is 38.7 Å². The van der Waals surface area contributed by atoms with Gasteiger partial charge in [0.15, 0.2) is 0 Å². The molecule has 0 aliphatic rings. The molecule has 0 aromatic heterocycles. The number of hydrogen-bond donors (Lipinski definition) is 1. The molecule has 322 valence electrons. The molecule has 1 unspecified atom stereocenters. The van der Waals surface area contributed by atoms with E-state index in [-0.39, 0.29) is 62.6 Å². The van der Waals surface area contributed by atoms with Gasteiger partial charge in [0.05, 0.1) is 25.7 Å². The summed E-state index contributed by atoms with van der Waals surface area (Å²) < 4.78 is 21.8. The summed E-state index contributed by atoms with van der Waals surface area (Å²) in [5.74, 6) is -1.46. The highest BCUT2D eigenvalue weighted by Crippen LogP contribution is 2.18. The average molecular weight is 781 g/mol. The largest absolute Gasteiger partial charge is 0.465 e. The van der Waals surface area contributed by atoms with Crippen LogP contribution in [0.4, 0.5) is 0 Å². The van der Waals surface area contributed by atoms with Crippen LogP contribution >= 0.6 is 0 Å². The summed E-state index contributed by atoms with van der Waals surface area (Å²) in [7, 11) is 0. The number of allylic oxidation sites excluding steroid dienone is 1. The minimum Gasteiger partial charge on any atom is -0.465 e. The maximum Gasteiger partial charge on any atom is 0.306 e. The summed E-state index contributed by atoms with van der Waals surface area (Å²) in [4.78, 5) is 48.9. The number of hydrogen-bond acceptors (Lipinski definition) is 9. The van der Waals surface area contributed by atoms with E-state index in [9.17, 15) is 24.3 Å². The molecule has 0 aromatic rings. The maximum absolute atomic E-state index is 12.6. The molecular weight excluding hydrogens is 696 g/mol. The molecule has 1 atom stereocenters. The van der Waals surface area contributed by atoms with Gasteiger partial charge in [-0.25, -0.2) is 0 Å². The van der Waals surface area contributed by atoms with Gasteiger partial charge in [-0.1, -0.05) is 142 Å². The summed E-state index contributed by atoms with van der Waals surface area (Å²) in [6.07, 6.45) is 34.1. The van der Waals surface area contributed by atoms with Gasteiger partial charge in [0.25, 0.3) is 0 Å². The zero-order valence-corrected chi connectivity index (χ0v) is 35.8. The van der Waals surface area contributed by atoms with Crippen molar-refractivity contribution in [1.29, 1.82) is 0 Å². The minimum absolute atomic E-state index is 0.000406. The lowest BCUT2D eigenvalue weighted by Gasteiger charge is -2.18. The van der Waals surface area contributed by atoms with Crippen LogP contribution in [-0.4, -0.2) is 61.5 Å². The molecule has 0 aliphatic carbocycles. The fourth-order valence-electron chi connectivity index (χ4n) is 6.40. The van der Waals surface area contributed by atoms with Crippen LogP contribution in [0.25, 0.3) is 0 Å². The topological polar surface area (TPSA) is 125 Å². The summed E-state index contributed by atoms with van der Waals surface area (Å²) in [5.41, 5.74) is 0. The normalized spacial score (nSPS) is 11.9. The predicted octanol–water partition coefficient (Wildman–Crippen LogP) is 11.8. The van der Waals surface area contributed by atoms with E-state index < -0.39 is 5.92 Å². The van der Waals surface area contributed by atoms with Crippen molar-refractivity contribution in [2.75, 3.05) is 26.4 Å². The molecule has 0 saturated heterocycles. The van der Waals surface area contributed by atoms with E-state index in [2.05, 4.69) is 26.8 Å². The van der Waals surface area contributed by atoms with Crippen molar-refractivity contribution in [3.8, 4) is 0 Å². The molecule has 0 spiro atoms. The zero-order valence-electron chi connectivity index (χ0n) is 35.8. The first-order chi connectivity index (χ1) is 26.9.